The monoisotopic (exact) mass is 421 g/mol. The molecule has 0 radical (unpaired) electrons. The third-order valence-electron chi connectivity index (χ3n) is 5.02. The molecule has 154 valence electrons. The largest absolute Gasteiger partial charge is 0.480 e. The van der Waals surface area contributed by atoms with Gasteiger partial charge in [0.2, 0.25) is 0 Å². The van der Waals surface area contributed by atoms with Crippen LogP contribution in [0.15, 0.2) is 84.0 Å². The number of rotatable bonds is 8. The molecule has 0 aliphatic carbocycles. The molecule has 0 bridgehead atoms. The SMILES string of the molecule is NC(Cc1cccc(SN2CC(Oc3cccnc3)(c3ccccc3)C2)c1)C(=O)O. The Morgan fingerprint density at radius 3 is 2.67 bits per heavy atom. The maximum Gasteiger partial charge on any atom is 0.320 e. The van der Waals surface area contributed by atoms with Gasteiger partial charge >= 0.3 is 5.97 Å². The molecule has 1 unspecified atom stereocenters. The van der Waals surface area contributed by atoms with Crippen LogP contribution in [0.1, 0.15) is 11.1 Å². The first-order valence-corrected chi connectivity index (χ1v) is 10.5. The van der Waals surface area contributed by atoms with Crippen LogP contribution in [0, 0.1) is 0 Å². The highest BCUT2D eigenvalue weighted by atomic mass is 32.2. The summed E-state index contributed by atoms with van der Waals surface area (Å²) in [5.74, 6) is -0.244. The predicted molar refractivity (Wildman–Crippen MR) is 116 cm³/mol. The summed E-state index contributed by atoms with van der Waals surface area (Å²) in [7, 11) is 0. The highest BCUT2D eigenvalue weighted by Crippen LogP contribution is 2.42. The van der Waals surface area contributed by atoms with Crippen LogP contribution in [0.2, 0.25) is 0 Å². The van der Waals surface area contributed by atoms with Crippen molar-refractivity contribution in [2.45, 2.75) is 23.0 Å². The summed E-state index contributed by atoms with van der Waals surface area (Å²) in [5, 5.41) is 9.04. The van der Waals surface area contributed by atoms with Gasteiger partial charge in [0.05, 0.1) is 19.3 Å². The fraction of sp³-hybridized carbons (Fsp3) is 0.217. The number of nitrogens with zero attached hydrogens (tertiary/aromatic N) is 2. The lowest BCUT2D eigenvalue weighted by molar-refractivity contribution is -0.138. The molecular weight excluding hydrogens is 398 g/mol. The van der Waals surface area contributed by atoms with Gasteiger partial charge in [0.15, 0.2) is 5.60 Å². The Labute approximate surface area is 179 Å². The van der Waals surface area contributed by atoms with Gasteiger partial charge in [-0.3, -0.25) is 9.78 Å². The van der Waals surface area contributed by atoms with Crippen LogP contribution < -0.4 is 10.5 Å². The molecule has 1 fully saturated rings. The van der Waals surface area contributed by atoms with Crippen LogP contribution in [-0.4, -0.2) is 39.5 Å². The van der Waals surface area contributed by atoms with Gasteiger partial charge in [-0.2, -0.15) is 0 Å². The Balaban J connectivity index is 1.46. The van der Waals surface area contributed by atoms with Crippen LogP contribution in [0.3, 0.4) is 0 Å². The van der Waals surface area contributed by atoms with Gasteiger partial charge in [-0.1, -0.05) is 42.5 Å². The Morgan fingerprint density at radius 1 is 1.17 bits per heavy atom. The molecule has 1 atom stereocenters. The number of benzene rings is 2. The minimum Gasteiger partial charge on any atom is -0.480 e. The van der Waals surface area contributed by atoms with Crippen molar-refractivity contribution in [1.29, 1.82) is 0 Å². The van der Waals surface area contributed by atoms with E-state index in [0.29, 0.717) is 6.42 Å². The first-order valence-electron chi connectivity index (χ1n) is 9.69. The van der Waals surface area contributed by atoms with E-state index in [-0.39, 0.29) is 0 Å². The lowest BCUT2D eigenvalue weighted by Gasteiger charge is -2.49. The van der Waals surface area contributed by atoms with Gasteiger partial charge in [0.1, 0.15) is 11.8 Å². The summed E-state index contributed by atoms with van der Waals surface area (Å²) in [6, 6.07) is 21.0. The topological polar surface area (TPSA) is 88.7 Å². The molecule has 1 aromatic heterocycles. The normalized spacial score (nSPS) is 16.4. The Hall–Kier alpha value is -2.87. The Bertz CT molecular complexity index is 995. The maximum atomic E-state index is 11.0. The van der Waals surface area contributed by atoms with Crippen molar-refractivity contribution in [1.82, 2.24) is 9.29 Å². The summed E-state index contributed by atoms with van der Waals surface area (Å²) in [4.78, 5) is 16.2. The Morgan fingerprint density at radius 2 is 1.97 bits per heavy atom. The number of carboxylic acids is 1. The van der Waals surface area contributed by atoms with Crippen molar-refractivity contribution >= 4 is 17.9 Å². The van der Waals surface area contributed by atoms with Crippen molar-refractivity contribution in [2.24, 2.45) is 5.73 Å². The van der Waals surface area contributed by atoms with E-state index < -0.39 is 17.6 Å². The standard InChI is InChI=1S/C23H23N3O3S/c24-21(22(27)28)13-17-6-4-10-20(12-17)30-26-15-23(16-26,18-7-2-1-3-8-18)29-19-9-5-11-25-14-19/h1-12,14,21H,13,15-16,24H2,(H,27,28). The van der Waals surface area contributed by atoms with E-state index in [4.69, 9.17) is 15.6 Å². The Kier molecular flexibility index (Phi) is 6.03. The number of aliphatic carboxylic acids is 1. The van der Waals surface area contributed by atoms with E-state index in [9.17, 15) is 4.79 Å². The fourth-order valence-corrected chi connectivity index (χ4v) is 4.68. The highest BCUT2D eigenvalue weighted by Gasteiger charge is 2.47. The zero-order chi connectivity index (χ0) is 21.0. The molecule has 6 nitrogen and oxygen atoms in total. The number of ether oxygens (including phenoxy) is 1. The van der Waals surface area contributed by atoms with Crippen molar-refractivity contribution in [3.05, 3.63) is 90.3 Å². The van der Waals surface area contributed by atoms with E-state index in [0.717, 1.165) is 34.9 Å². The van der Waals surface area contributed by atoms with Crippen LogP contribution in [0.25, 0.3) is 0 Å². The molecule has 2 aromatic carbocycles. The smallest absolute Gasteiger partial charge is 0.320 e. The second-order valence-corrected chi connectivity index (χ2v) is 8.51. The van der Waals surface area contributed by atoms with Gasteiger partial charge in [0.25, 0.3) is 0 Å². The first kappa shape index (κ1) is 20.4. The molecule has 2 heterocycles. The summed E-state index contributed by atoms with van der Waals surface area (Å²) in [6.45, 7) is 1.44. The van der Waals surface area contributed by atoms with Crippen molar-refractivity contribution in [3.8, 4) is 5.75 Å². The quantitative estimate of drug-likeness (QED) is 0.539. The summed E-state index contributed by atoms with van der Waals surface area (Å²) in [5.41, 5.74) is 7.29. The molecule has 0 amide bonds. The fourth-order valence-electron chi connectivity index (χ4n) is 3.49. The number of hydrogen-bond donors (Lipinski definition) is 2. The molecule has 4 rings (SSSR count). The van der Waals surface area contributed by atoms with Crippen molar-refractivity contribution < 1.29 is 14.6 Å². The van der Waals surface area contributed by atoms with E-state index in [1.807, 2.05) is 54.6 Å². The maximum absolute atomic E-state index is 11.0. The van der Waals surface area contributed by atoms with Crippen LogP contribution >= 0.6 is 11.9 Å². The lowest BCUT2D eigenvalue weighted by Crippen LogP contribution is -2.59. The summed E-state index contributed by atoms with van der Waals surface area (Å²) in [6.07, 6.45) is 3.77. The van der Waals surface area contributed by atoms with Crippen molar-refractivity contribution in [3.63, 3.8) is 0 Å². The lowest BCUT2D eigenvalue weighted by atomic mass is 9.87. The molecule has 1 aliphatic rings. The average molecular weight is 422 g/mol. The molecule has 1 aliphatic heterocycles. The van der Waals surface area contributed by atoms with Crippen molar-refractivity contribution in [2.75, 3.05) is 13.1 Å². The number of nitrogens with two attached hydrogens (primary N) is 1. The van der Waals surface area contributed by atoms with Crippen LogP contribution in [0.4, 0.5) is 0 Å². The van der Waals surface area contributed by atoms with E-state index >= 15 is 0 Å². The van der Waals surface area contributed by atoms with Gasteiger partial charge in [-0.15, -0.1) is 0 Å². The van der Waals surface area contributed by atoms with Gasteiger partial charge < -0.3 is 15.6 Å². The minimum atomic E-state index is -0.990. The zero-order valence-electron chi connectivity index (χ0n) is 16.3. The molecular formula is C23H23N3O3S. The van der Waals surface area contributed by atoms with Gasteiger partial charge in [-0.05, 0) is 53.8 Å². The first-order chi connectivity index (χ1) is 14.5. The molecule has 3 N–H and O–H groups in total. The summed E-state index contributed by atoms with van der Waals surface area (Å²) >= 11 is 1.64. The number of aromatic nitrogens is 1. The molecule has 0 spiro atoms. The summed E-state index contributed by atoms with van der Waals surface area (Å²) < 4.78 is 8.63. The average Bonchev–Trinajstić information content (AvgIpc) is 2.73. The van der Waals surface area contributed by atoms with Crippen LogP contribution in [-0.2, 0) is 16.8 Å². The number of pyridine rings is 1. The minimum absolute atomic E-state index is 0.307. The third kappa shape index (κ3) is 4.64. The molecule has 30 heavy (non-hydrogen) atoms. The number of carbonyl (C=O) groups is 1. The second kappa shape index (κ2) is 8.87. The van der Waals surface area contributed by atoms with E-state index in [1.165, 1.54) is 0 Å². The number of hydrogen-bond acceptors (Lipinski definition) is 6. The molecule has 7 heteroatoms. The predicted octanol–water partition coefficient (Wildman–Crippen LogP) is 3.33. The van der Waals surface area contributed by atoms with E-state index in [1.54, 1.807) is 24.3 Å². The highest BCUT2D eigenvalue weighted by molar-refractivity contribution is 7.97. The third-order valence-corrected chi connectivity index (χ3v) is 6.00. The number of carboxylic acid groups (broad SMARTS) is 1. The van der Waals surface area contributed by atoms with Gasteiger partial charge in [-0.25, -0.2) is 4.31 Å². The molecule has 1 saturated heterocycles. The van der Waals surface area contributed by atoms with Crippen LogP contribution in [0.5, 0.6) is 5.75 Å². The molecule has 3 aromatic rings. The molecule has 0 saturated carbocycles. The second-order valence-electron chi connectivity index (χ2n) is 7.34. The zero-order valence-corrected chi connectivity index (χ0v) is 17.2. The van der Waals surface area contributed by atoms with Gasteiger partial charge in [0, 0.05) is 11.1 Å². The van der Waals surface area contributed by atoms with E-state index in [2.05, 4.69) is 21.4 Å².